The molecule has 2 rings (SSSR count). The number of hydrogen-bond acceptors (Lipinski definition) is 3. The van der Waals surface area contributed by atoms with Gasteiger partial charge in [0.15, 0.2) is 0 Å². The first-order valence-corrected chi connectivity index (χ1v) is 5.61. The van der Waals surface area contributed by atoms with Crippen LogP contribution in [0.15, 0.2) is 21.4 Å². The van der Waals surface area contributed by atoms with Crippen molar-refractivity contribution in [3.63, 3.8) is 0 Å². The molecule has 84 valence electrons. The minimum atomic E-state index is -0.190. The van der Waals surface area contributed by atoms with E-state index in [4.69, 9.17) is 16.3 Å². The highest BCUT2D eigenvalue weighted by atomic mass is 79.9. The summed E-state index contributed by atoms with van der Waals surface area (Å²) in [5, 5.41) is 0.644. The van der Waals surface area contributed by atoms with Gasteiger partial charge in [0.1, 0.15) is 5.75 Å². The van der Waals surface area contributed by atoms with E-state index in [2.05, 4.69) is 20.9 Å². The van der Waals surface area contributed by atoms with Crippen molar-refractivity contribution in [2.75, 3.05) is 7.11 Å². The van der Waals surface area contributed by atoms with Crippen LogP contribution < -0.4 is 10.3 Å². The van der Waals surface area contributed by atoms with Gasteiger partial charge < -0.3 is 4.74 Å². The molecular weight excluding hydrogens is 295 g/mol. The highest BCUT2D eigenvalue weighted by Crippen LogP contribution is 2.26. The van der Waals surface area contributed by atoms with Crippen molar-refractivity contribution in [3.8, 4) is 5.75 Å². The molecule has 0 saturated carbocycles. The molecule has 0 saturated heterocycles. The minimum absolute atomic E-state index is 0.151. The molecule has 4 nitrogen and oxygen atoms in total. The Balaban J connectivity index is 2.96. The van der Waals surface area contributed by atoms with E-state index in [0.29, 0.717) is 21.1 Å². The van der Waals surface area contributed by atoms with Crippen LogP contribution >= 0.6 is 27.5 Å². The molecule has 0 aliphatic rings. The minimum Gasteiger partial charge on any atom is -0.497 e. The largest absolute Gasteiger partial charge is 0.497 e. The van der Waals surface area contributed by atoms with Crippen LogP contribution in [0.3, 0.4) is 0 Å². The van der Waals surface area contributed by atoms with Crippen LogP contribution in [0.5, 0.6) is 5.75 Å². The lowest BCUT2D eigenvalue weighted by Crippen LogP contribution is -2.19. The fraction of sp³-hybridized carbons (Fsp3) is 0.200. The molecule has 0 atom stereocenters. The van der Waals surface area contributed by atoms with Crippen molar-refractivity contribution < 1.29 is 4.74 Å². The third kappa shape index (κ3) is 1.70. The van der Waals surface area contributed by atoms with E-state index in [0.717, 1.165) is 0 Å². The van der Waals surface area contributed by atoms with Gasteiger partial charge in [-0.15, -0.1) is 0 Å². The highest BCUT2D eigenvalue weighted by Gasteiger charge is 2.11. The Morgan fingerprint density at radius 2 is 2.19 bits per heavy atom. The molecule has 0 amide bonds. The van der Waals surface area contributed by atoms with Gasteiger partial charge in [-0.05, 0) is 33.6 Å². The number of ether oxygens (including phenoxy) is 1. The van der Waals surface area contributed by atoms with Crippen molar-refractivity contribution in [1.82, 2.24) is 9.55 Å². The zero-order valence-corrected chi connectivity index (χ0v) is 11.0. The Morgan fingerprint density at radius 3 is 2.81 bits per heavy atom. The van der Waals surface area contributed by atoms with Crippen molar-refractivity contribution in [1.29, 1.82) is 0 Å². The number of nitrogens with zero attached hydrogens (tertiary/aromatic N) is 2. The molecule has 16 heavy (non-hydrogen) atoms. The van der Waals surface area contributed by atoms with Crippen molar-refractivity contribution >= 4 is 38.4 Å². The molecular formula is C10H8BrClN2O2. The molecule has 0 radical (unpaired) electrons. The molecule has 6 heteroatoms. The average Bonchev–Trinajstić information content (AvgIpc) is 2.25. The average molecular weight is 304 g/mol. The van der Waals surface area contributed by atoms with Gasteiger partial charge in [0.25, 0.3) is 5.56 Å². The highest BCUT2D eigenvalue weighted by molar-refractivity contribution is 9.10. The quantitative estimate of drug-likeness (QED) is 0.760. The van der Waals surface area contributed by atoms with Crippen LogP contribution in [-0.2, 0) is 7.05 Å². The van der Waals surface area contributed by atoms with Crippen LogP contribution in [0.1, 0.15) is 0 Å². The standard InChI is InChI=1S/C10H8BrClN2O2/c1-14-9(15)8-6(11)3-5(16-2)4-7(8)13-10(14)12/h3-4H,1-2H3. The molecule has 0 fully saturated rings. The predicted molar refractivity (Wildman–Crippen MR) is 66.2 cm³/mol. The zero-order chi connectivity index (χ0) is 11.9. The van der Waals surface area contributed by atoms with E-state index in [9.17, 15) is 4.79 Å². The maximum absolute atomic E-state index is 11.9. The fourth-order valence-electron chi connectivity index (χ4n) is 1.41. The van der Waals surface area contributed by atoms with Gasteiger partial charge in [-0.3, -0.25) is 9.36 Å². The number of benzene rings is 1. The summed E-state index contributed by atoms with van der Waals surface area (Å²) in [5.41, 5.74) is 0.323. The zero-order valence-electron chi connectivity index (χ0n) is 8.62. The summed E-state index contributed by atoms with van der Waals surface area (Å²) in [6, 6.07) is 3.40. The smallest absolute Gasteiger partial charge is 0.263 e. The van der Waals surface area contributed by atoms with Gasteiger partial charge in [-0.25, -0.2) is 4.98 Å². The van der Waals surface area contributed by atoms with Crippen LogP contribution in [0.4, 0.5) is 0 Å². The molecule has 1 aromatic heterocycles. The number of methoxy groups -OCH3 is 1. The summed E-state index contributed by atoms with van der Waals surface area (Å²) in [4.78, 5) is 16.1. The SMILES string of the molecule is COc1cc(Br)c2c(=O)n(C)c(Cl)nc2c1. The van der Waals surface area contributed by atoms with E-state index < -0.39 is 0 Å². The maximum atomic E-state index is 11.9. The molecule has 0 bridgehead atoms. The van der Waals surface area contributed by atoms with E-state index >= 15 is 0 Å². The molecule has 0 spiro atoms. The second kappa shape index (κ2) is 4.07. The molecule has 0 unspecified atom stereocenters. The third-order valence-electron chi connectivity index (χ3n) is 2.29. The fourth-order valence-corrected chi connectivity index (χ4v) is 2.18. The summed E-state index contributed by atoms with van der Waals surface area (Å²) in [7, 11) is 3.13. The number of fused-ring (bicyclic) bond motifs is 1. The first-order valence-electron chi connectivity index (χ1n) is 4.44. The summed E-state index contributed by atoms with van der Waals surface area (Å²) in [5.74, 6) is 0.621. The molecule has 0 N–H and O–H groups in total. The van der Waals surface area contributed by atoms with Crippen molar-refractivity contribution in [3.05, 3.63) is 32.2 Å². The third-order valence-corrected chi connectivity index (χ3v) is 3.25. The topological polar surface area (TPSA) is 44.1 Å². The molecule has 1 aromatic carbocycles. The van der Waals surface area contributed by atoms with Crippen LogP contribution in [0, 0.1) is 0 Å². The molecule has 2 aromatic rings. The second-order valence-electron chi connectivity index (χ2n) is 3.25. The summed E-state index contributed by atoms with van der Waals surface area (Å²) in [6.07, 6.45) is 0. The number of hydrogen-bond donors (Lipinski definition) is 0. The lowest BCUT2D eigenvalue weighted by atomic mass is 10.2. The van der Waals surface area contributed by atoms with Crippen LogP contribution in [0.25, 0.3) is 10.9 Å². The summed E-state index contributed by atoms with van der Waals surface area (Å²) in [6.45, 7) is 0. The van der Waals surface area contributed by atoms with Crippen molar-refractivity contribution in [2.24, 2.45) is 7.05 Å². The van der Waals surface area contributed by atoms with Gasteiger partial charge in [0.05, 0.1) is 18.0 Å². The first-order chi connectivity index (χ1) is 7.54. The lowest BCUT2D eigenvalue weighted by molar-refractivity contribution is 0.415. The first kappa shape index (κ1) is 11.4. The van der Waals surface area contributed by atoms with Crippen LogP contribution in [0.2, 0.25) is 5.28 Å². The Hall–Kier alpha value is -1.07. The second-order valence-corrected chi connectivity index (χ2v) is 4.44. The number of rotatable bonds is 1. The van der Waals surface area contributed by atoms with E-state index in [1.807, 2.05) is 0 Å². The Labute approximate surface area is 105 Å². The monoisotopic (exact) mass is 302 g/mol. The van der Waals surface area contributed by atoms with Gasteiger partial charge in [-0.1, -0.05) is 0 Å². The van der Waals surface area contributed by atoms with Crippen molar-refractivity contribution in [2.45, 2.75) is 0 Å². The molecule has 0 aliphatic carbocycles. The van der Waals surface area contributed by atoms with Gasteiger partial charge in [0, 0.05) is 17.6 Å². The normalized spacial score (nSPS) is 10.8. The van der Waals surface area contributed by atoms with E-state index in [-0.39, 0.29) is 10.8 Å². The van der Waals surface area contributed by atoms with Gasteiger partial charge in [0.2, 0.25) is 5.28 Å². The Morgan fingerprint density at radius 1 is 1.50 bits per heavy atom. The van der Waals surface area contributed by atoms with E-state index in [1.165, 1.54) is 4.57 Å². The van der Waals surface area contributed by atoms with Crippen LogP contribution in [-0.4, -0.2) is 16.7 Å². The summed E-state index contributed by atoms with van der Waals surface area (Å²) < 4.78 is 7.03. The van der Waals surface area contributed by atoms with Gasteiger partial charge in [-0.2, -0.15) is 0 Å². The Bertz CT molecular complexity index is 624. The number of aromatic nitrogens is 2. The lowest BCUT2D eigenvalue weighted by Gasteiger charge is -2.07. The molecule has 1 heterocycles. The number of halogens is 2. The van der Waals surface area contributed by atoms with Gasteiger partial charge >= 0.3 is 0 Å². The Kier molecular flexibility index (Phi) is 2.90. The van der Waals surface area contributed by atoms with E-state index in [1.54, 1.807) is 26.3 Å². The summed E-state index contributed by atoms with van der Waals surface area (Å²) >= 11 is 9.16. The maximum Gasteiger partial charge on any atom is 0.263 e. The molecule has 0 aliphatic heterocycles. The predicted octanol–water partition coefficient (Wildman–Crippen LogP) is 2.36.